The fourth-order valence-electron chi connectivity index (χ4n) is 3.58. The molecule has 2 rings (SSSR count). The van der Waals surface area contributed by atoms with Crippen LogP contribution in [0.15, 0.2) is 24.3 Å². The average Bonchev–Trinajstić information content (AvgIpc) is 2.61. The van der Waals surface area contributed by atoms with Crippen molar-refractivity contribution >= 4 is 11.9 Å². The van der Waals surface area contributed by atoms with Crippen molar-refractivity contribution in [1.29, 1.82) is 0 Å². The standard InChI is InChI=1S/C19H24F3NO4/c1-13(9-14-5-3-6-15(10-14)19(20,21)22)16(24)23-8-4-7-18(11-23,12-27-2)17(25)26/h3,5-6,10,13H,4,7-9,11-12H2,1-2H3,(H,25,26). The van der Waals surface area contributed by atoms with Crippen LogP contribution in [-0.4, -0.2) is 48.7 Å². The summed E-state index contributed by atoms with van der Waals surface area (Å²) >= 11 is 0. The normalized spacial score (nSPS) is 21.7. The Labute approximate surface area is 156 Å². The number of carbonyl (C=O) groups is 2. The molecule has 1 aromatic rings. The molecule has 0 bridgehead atoms. The van der Waals surface area contributed by atoms with Gasteiger partial charge in [-0.1, -0.05) is 25.1 Å². The fraction of sp³-hybridized carbons (Fsp3) is 0.579. The van der Waals surface area contributed by atoms with Gasteiger partial charge in [-0.05, 0) is 30.9 Å². The molecule has 0 aliphatic carbocycles. The number of carbonyl (C=O) groups excluding carboxylic acids is 1. The van der Waals surface area contributed by atoms with Gasteiger partial charge < -0.3 is 14.7 Å². The summed E-state index contributed by atoms with van der Waals surface area (Å²) in [5.74, 6) is -1.82. The zero-order valence-electron chi connectivity index (χ0n) is 15.4. The molecule has 1 aliphatic rings. The number of alkyl halides is 3. The number of nitrogens with zero attached hydrogens (tertiary/aromatic N) is 1. The number of carboxylic acids is 1. The minimum atomic E-state index is -4.43. The molecule has 8 heteroatoms. The Balaban J connectivity index is 2.10. The molecule has 150 valence electrons. The Kier molecular flexibility index (Phi) is 6.51. The van der Waals surface area contributed by atoms with Crippen molar-refractivity contribution in [2.45, 2.75) is 32.4 Å². The SMILES string of the molecule is COCC1(C(=O)O)CCCN(C(=O)C(C)Cc2cccc(C(F)(F)F)c2)C1. The predicted octanol–water partition coefficient (Wildman–Crippen LogP) is 3.22. The van der Waals surface area contributed by atoms with Gasteiger partial charge in [0.2, 0.25) is 5.91 Å². The number of rotatable bonds is 6. The Bertz CT molecular complexity index is 688. The van der Waals surface area contributed by atoms with E-state index >= 15 is 0 Å². The maximum atomic E-state index is 12.8. The van der Waals surface area contributed by atoms with E-state index in [9.17, 15) is 27.9 Å². The molecule has 1 fully saturated rings. The molecule has 0 saturated carbocycles. The van der Waals surface area contributed by atoms with Crippen molar-refractivity contribution in [1.82, 2.24) is 4.90 Å². The van der Waals surface area contributed by atoms with Crippen LogP contribution in [-0.2, 0) is 26.9 Å². The van der Waals surface area contributed by atoms with Gasteiger partial charge in [-0.2, -0.15) is 13.2 Å². The first-order chi connectivity index (χ1) is 12.6. The first kappa shape index (κ1) is 21.2. The number of carboxylic acid groups (broad SMARTS) is 1. The van der Waals surface area contributed by atoms with E-state index in [1.165, 1.54) is 18.1 Å². The van der Waals surface area contributed by atoms with Crippen molar-refractivity contribution in [3.05, 3.63) is 35.4 Å². The third-order valence-electron chi connectivity index (χ3n) is 4.98. The first-order valence-electron chi connectivity index (χ1n) is 8.76. The molecule has 1 heterocycles. The molecule has 1 aliphatic heterocycles. The van der Waals surface area contributed by atoms with Gasteiger partial charge in [-0.3, -0.25) is 9.59 Å². The largest absolute Gasteiger partial charge is 0.481 e. The van der Waals surface area contributed by atoms with Crippen LogP contribution in [0.1, 0.15) is 30.9 Å². The Morgan fingerprint density at radius 2 is 2.07 bits per heavy atom. The molecule has 1 amide bonds. The van der Waals surface area contributed by atoms with E-state index in [1.54, 1.807) is 13.0 Å². The summed E-state index contributed by atoms with van der Waals surface area (Å²) in [4.78, 5) is 26.0. The highest BCUT2D eigenvalue weighted by molar-refractivity contribution is 5.81. The highest BCUT2D eigenvalue weighted by atomic mass is 19.4. The summed E-state index contributed by atoms with van der Waals surface area (Å²) in [6, 6.07) is 4.92. The number of aliphatic carboxylic acids is 1. The summed E-state index contributed by atoms with van der Waals surface area (Å²) in [6.07, 6.45) is -3.32. The maximum Gasteiger partial charge on any atom is 0.416 e. The molecule has 0 spiro atoms. The molecule has 27 heavy (non-hydrogen) atoms. The molecule has 1 aromatic carbocycles. The van der Waals surface area contributed by atoms with Crippen LogP contribution in [0.5, 0.6) is 0 Å². The van der Waals surface area contributed by atoms with E-state index in [2.05, 4.69) is 0 Å². The molecule has 2 unspecified atom stereocenters. The van der Waals surface area contributed by atoms with Gasteiger partial charge in [0.15, 0.2) is 0 Å². The van der Waals surface area contributed by atoms with Gasteiger partial charge in [0.25, 0.3) is 0 Å². The minimum Gasteiger partial charge on any atom is -0.481 e. The Hall–Kier alpha value is -2.09. The number of methoxy groups -OCH3 is 1. The summed E-state index contributed by atoms with van der Waals surface area (Å²) in [5.41, 5.74) is -1.47. The van der Waals surface area contributed by atoms with Crippen molar-refractivity contribution in [2.75, 3.05) is 26.8 Å². The van der Waals surface area contributed by atoms with E-state index < -0.39 is 29.0 Å². The Morgan fingerprint density at radius 1 is 1.37 bits per heavy atom. The molecule has 1 saturated heterocycles. The van der Waals surface area contributed by atoms with Crippen molar-refractivity contribution < 1.29 is 32.6 Å². The quantitative estimate of drug-likeness (QED) is 0.814. The number of amides is 1. The zero-order valence-corrected chi connectivity index (χ0v) is 15.4. The Morgan fingerprint density at radius 3 is 2.67 bits per heavy atom. The lowest BCUT2D eigenvalue weighted by Crippen LogP contribution is -2.53. The van der Waals surface area contributed by atoms with E-state index in [0.29, 0.717) is 24.9 Å². The van der Waals surface area contributed by atoms with Crippen LogP contribution in [0.2, 0.25) is 0 Å². The van der Waals surface area contributed by atoms with E-state index in [0.717, 1.165) is 12.1 Å². The first-order valence-corrected chi connectivity index (χ1v) is 8.76. The van der Waals surface area contributed by atoms with Crippen molar-refractivity contribution in [3.8, 4) is 0 Å². The van der Waals surface area contributed by atoms with Gasteiger partial charge in [0, 0.05) is 26.1 Å². The van der Waals surface area contributed by atoms with E-state index in [4.69, 9.17) is 4.74 Å². The number of halogens is 3. The average molecular weight is 387 g/mol. The highest BCUT2D eigenvalue weighted by Gasteiger charge is 2.44. The van der Waals surface area contributed by atoms with Gasteiger partial charge in [-0.25, -0.2) is 0 Å². The third-order valence-corrected chi connectivity index (χ3v) is 4.98. The zero-order chi connectivity index (χ0) is 20.2. The smallest absolute Gasteiger partial charge is 0.416 e. The highest BCUT2D eigenvalue weighted by Crippen LogP contribution is 2.33. The van der Waals surface area contributed by atoms with E-state index in [1.807, 2.05) is 0 Å². The van der Waals surface area contributed by atoms with Crippen LogP contribution in [0, 0.1) is 11.3 Å². The monoisotopic (exact) mass is 387 g/mol. The number of hydrogen-bond donors (Lipinski definition) is 1. The van der Waals surface area contributed by atoms with Crippen molar-refractivity contribution in [2.24, 2.45) is 11.3 Å². The number of ether oxygens (including phenoxy) is 1. The second kappa shape index (κ2) is 8.29. The molecule has 1 N–H and O–H groups in total. The maximum absolute atomic E-state index is 12.8. The van der Waals surface area contributed by atoms with Gasteiger partial charge in [-0.15, -0.1) is 0 Å². The van der Waals surface area contributed by atoms with Gasteiger partial charge >= 0.3 is 12.1 Å². The number of piperidine rings is 1. The van der Waals surface area contributed by atoms with Crippen LogP contribution in [0.4, 0.5) is 13.2 Å². The molecule has 5 nitrogen and oxygen atoms in total. The third kappa shape index (κ3) is 5.00. The second-order valence-corrected chi connectivity index (χ2v) is 7.19. The number of likely N-dealkylation sites (tertiary alicyclic amines) is 1. The van der Waals surface area contributed by atoms with Gasteiger partial charge in [0.1, 0.15) is 5.41 Å². The molecular formula is C19H24F3NO4. The lowest BCUT2D eigenvalue weighted by molar-refractivity contribution is -0.159. The topological polar surface area (TPSA) is 66.8 Å². The van der Waals surface area contributed by atoms with Crippen LogP contribution in [0.3, 0.4) is 0 Å². The number of hydrogen-bond acceptors (Lipinski definition) is 3. The summed E-state index contributed by atoms with van der Waals surface area (Å²) < 4.78 is 43.6. The molecule has 0 aromatic heterocycles. The predicted molar refractivity (Wildman–Crippen MR) is 92.1 cm³/mol. The number of benzene rings is 1. The summed E-state index contributed by atoms with van der Waals surface area (Å²) in [6.45, 7) is 2.14. The van der Waals surface area contributed by atoms with Crippen molar-refractivity contribution in [3.63, 3.8) is 0 Å². The fourth-order valence-corrected chi connectivity index (χ4v) is 3.58. The lowest BCUT2D eigenvalue weighted by atomic mass is 9.80. The molecule has 0 radical (unpaired) electrons. The summed E-state index contributed by atoms with van der Waals surface area (Å²) in [7, 11) is 1.42. The van der Waals surface area contributed by atoms with Crippen LogP contribution in [0.25, 0.3) is 0 Å². The molecule has 2 atom stereocenters. The minimum absolute atomic E-state index is 0.00806. The van der Waals surface area contributed by atoms with Crippen LogP contribution < -0.4 is 0 Å². The summed E-state index contributed by atoms with van der Waals surface area (Å²) in [5, 5.41) is 9.58. The lowest BCUT2D eigenvalue weighted by Gasteiger charge is -2.40. The molecular weight excluding hydrogens is 363 g/mol. The van der Waals surface area contributed by atoms with E-state index in [-0.39, 0.29) is 25.5 Å². The van der Waals surface area contributed by atoms with Crippen LogP contribution >= 0.6 is 0 Å². The van der Waals surface area contributed by atoms with Gasteiger partial charge in [0.05, 0.1) is 12.2 Å². The second-order valence-electron chi connectivity index (χ2n) is 7.19.